The van der Waals surface area contributed by atoms with Crippen molar-refractivity contribution in [2.45, 2.75) is 49.4 Å². The fraction of sp³-hybridized carbons (Fsp3) is 0.417. The van der Waals surface area contributed by atoms with Gasteiger partial charge < -0.3 is 20.4 Å². The number of carboxylic acid groups (broad SMARTS) is 2. The standard InChI is InChI=1S/C24H24O6/c25-19-3-1-15(6-17(19)21(27)28)23-8-13-5-14(9-23)11-24(10-13,12-23)16-2-4-20(26)18(7-16)22(29)30/h1-4,6-7,13-14,25-26H,5,8-12H2,(H,27,28)(H,29,30). The van der Waals surface area contributed by atoms with Crippen molar-refractivity contribution in [2.75, 3.05) is 0 Å². The van der Waals surface area contributed by atoms with Crippen LogP contribution < -0.4 is 0 Å². The van der Waals surface area contributed by atoms with Crippen molar-refractivity contribution < 1.29 is 30.0 Å². The van der Waals surface area contributed by atoms with E-state index in [1.807, 2.05) is 12.1 Å². The molecule has 0 aromatic heterocycles. The maximum absolute atomic E-state index is 11.6. The van der Waals surface area contributed by atoms with Crippen LogP contribution >= 0.6 is 0 Å². The second-order valence-corrected chi connectivity index (χ2v) is 9.60. The van der Waals surface area contributed by atoms with Gasteiger partial charge in [0.25, 0.3) is 0 Å². The molecule has 2 aromatic carbocycles. The number of aromatic carboxylic acids is 2. The maximum atomic E-state index is 11.6. The zero-order chi connectivity index (χ0) is 21.3. The molecule has 0 unspecified atom stereocenters. The minimum atomic E-state index is -1.14. The highest BCUT2D eigenvalue weighted by Crippen LogP contribution is 2.66. The molecular formula is C24H24O6. The molecule has 0 spiro atoms. The number of benzene rings is 2. The molecule has 0 amide bonds. The molecule has 6 heteroatoms. The lowest BCUT2D eigenvalue weighted by Crippen LogP contribution is -2.56. The van der Waals surface area contributed by atoms with Crippen LogP contribution in [0.1, 0.15) is 70.4 Å². The van der Waals surface area contributed by atoms with Crippen molar-refractivity contribution in [3.63, 3.8) is 0 Å². The van der Waals surface area contributed by atoms with Crippen LogP contribution in [-0.2, 0) is 10.8 Å². The monoisotopic (exact) mass is 408 g/mol. The van der Waals surface area contributed by atoms with Crippen molar-refractivity contribution >= 4 is 11.9 Å². The third-order valence-corrected chi connectivity index (χ3v) is 7.74. The molecule has 2 aromatic rings. The van der Waals surface area contributed by atoms with Gasteiger partial charge in [-0.15, -0.1) is 0 Å². The summed E-state index contributed by atoms with van der Waals surface area (Å²) in [4.78, 5) is 23.2. The third kappa shape index (κ3) is 2.70. The van der Waals surface area contributed by atoms with Crippen molar-refractivity contribution in [1.29, 1.82) is 0 Å². The summed E-state index contributed by atoms with van der Waals surface area (Å²) in [5.74, 6) is -1.74. The Morgan fingerprint density at radius 2 is 1.13 bits per heavy atom. The molecule has 4 bridgehead atoms. The van der Waals surface area contributed by atoms with Crippen LogP contribution in [0.2, 0.25) is 0 Å². The molecule has 4 aliphatic carbocycles. The summed E-state index contributed by atoms with van der Waals surface area (Å²) < 4.78 is 0. The highest BCUT2D eigenvalue weighted by molar-refractivity contribution is 5.91. The van der Waals surface area contributed by atoms with E-state index in [2.05, 4.69) is 0 Å². The molecule has 0 saturated heterocycles. The predicted molar refractivity (Wildman–Crippen MR) is 108 cm³/mol. The number of carbonyl (C=O) groups is 2. The van der Waals surface area contributed by atoms with Gasteiger partial charge in [0.2, 0.25) is 0 Å². The average Bonchev–Trinajstić information content (AvgIpc) is 2.67. The number of hydrogen-bond acceptors (Lipinski definition) is 4. The molecule has 4 N–H and O–H groups in total. The fourth-order valence-electron chi connectivity index (χ4n) is 7.01. The Morgan fingerprint density at radius 3 is 1.50 bits per heavy atom. The maximum Gasteiger partial charge on any atom is 0.339 e. The Hall–Kier alpha value is -3.02. The number of hydrogen-bond donors (Lipinski definition) is 4. The van der Waals surface area contributed by atoms with Crippen molar-refractivity contribution in [2.24, 2.45) is 11.8 Å². The summed E-state index contributed by atoms with van der Waals surface area (Å²) in [5.41, 5.74) is 1.40. The molecule has 0 aliphatic heterocycles. The topological polar surface area (TPSA) is 115 Å². The lowest BCUT2D eigenvalue weighted by molar-refractivity contribution is -0.0282. The van der Waals surface area contributed by atoms with Crippen LogP contribution in [0.25, 0.3) is 0 Å². The first kappa shape index (κ1) is 19.0. The smallest absolute Gasteiger partial charge is 0.339 e. The molecule has 6 rings (SSSR count). The summed E-state index contributed by atoms with van der Waals surface area (Å²) in [5, 5.41) is 38.9. The molecule has 4 fully saturated rings. The van der Waals surface area contributed by atoms with E-state index in [0.717, 1.165) is 49.7 Å². The van der Waals surface area contributed by atoms with Crippen LogP contribution in [0.5, 0.6) is 11.5 Å². The lowest BCUT2D eigenvalue weighted by Gasteiger charge is -2.63. The van der Waals surface area contributed by atoms with Gasteiger partial charge >= 0.3 is 11.9 Å². The van der Waals surface area contributed by atoms with E-state index in [-0.39, 0.29) is 33.5 Å². The molecule has 0 heterocycles. The Morgan fingerprint density at radius 1 is 0.733 bits per heavy atom. The zero-order valence-electron chi connectivity index (χ0n) is 16.5. The Balaban J connectivity index is 1.61. The highest BCUT2D eigenvalue weighted by atomic mass is 16.4. The number of carboxylic acids is 2. The van der Waals surface area contributed by atoms with Gasteiger partial charge in [0.15, 0.2) is 0 Å². The minimum Gasteiger partial charge on any atom is -0.507 e. The van der Waals surface area contributed by atoms with Crippen molar-refractivity contribution in [1.82, 2.24) is 0 Å². The largest absolute Gasteiger partial charge is 0.507 e. The van der Waals surface area contributed by atoms with Crippen molar-refractivity contribution in [3.8, 4) is 11.5 Å². The van der Waals surface area contributed by atoms with E-state index in [9.17, 15) is 30.0 Å². The normalized spacial score (nSPS) is 31.6. The summed E-state index contributed by atoms with van der Waals surface area (Å²) >= 11 is 0. The molecule has 4 aliphatic rings. The molecule has 0 atom stereocenters. The first-order chi connectivity index (χ1) is 14.2. The van der Waals surface area contributed by atoms with E-state index in [1.165, 1.54) is 12.1 Å². The van der Waals surface area contributed by atoms with Gasteiger partial charge in [0.1, 0.15) is 22.6 Å². The van der Waals surface area contributed by atoms with E-state index < -0.39 is 11.9 Å². The second-order valence-electron chi connectivity index (χ2n) is 9.60. The zero-order valence-corrected chi connectivity index (χ0v) is 16.5. The Labute approximate surface area is 173 Å². The Kier molecular flexibility index (Phi) is 3.95. The number of rotatable bonds is 4. The molecular weight excluding hydrogens is 384 g/mol. The quantitative estimate of drug-likeness (QED) is 0.600. The van der Waals surface area contributed by atoms with Gasteiger partial charge in [-0.05, 0) is 96.6 Å². The van der Waals surface area contributed by atoms with E-state index in [0.29, 0.717) is 11.8 Å². The number of aromatic hydroxyl groups is 2. The molecule has 156 valence electrons. The lowest BCUT2D eigenvalue weighted by atomic mass is 9.41. The molecule has 6 nitrogen and oxygen atoms in total. The highest BCUT2D eigenvalue weighted by Gasteiger charge is 2.58. The van der Waals surface area contributed by atoms with Gasteiger partial charge in [0, 0.05) is 0 Å². The minimum absolute atomic E-state index is 0.0740. The fourth-order valence-corrected chi connectivity index (χ4v) is 7.01. The van der Waals surface area contributed by atoms with Gasteiger partial charge in [-0.2, -0.15) is 0 Å². The van der Waals surface area contributed by atoms with Crippen LogP contribution in [0.3, 0.4) is 0 Å². The first-order valence-electron chi connectivity index (χ1n) is 10.3. The van der Waals surface area contributed by atoms with Gasteiger partial charge in [-0.25, -0.2) is 9.59 Å². The van der Waals surface area contributed by atoms with E-state index in [1.54, 1.807) is 12.1 Å². The third-order valence-electron chi connectivity index (χ3n) is 7.74. The summed E-state index contributed by atoms with van der Waals surface area (Å²) in [7, 11) is 0. The van der Waals surface area contributed by atoms with Crippen molar-refractivity contribution in [3.05, 3.63) is 58.7 Å². The van der Waals surface area contributed by atoms with Crippen LogP contribution in [-0.4, -0.2) is 32.4 Å². The number of phenols is 2. The van der Waals surface area contributed by atoms with Gasteiger partial charge in [-0.3, -0.25) is 0 Å². The molecule has 0 radical (unpaired) electrons. The summed E-state index contributed by atoms with van der Waals surface area (Å²) in [6.07, 6.45) is 5.91. The van der Waals surface area contributed by atoms with Crippen LogP contribution in [0, 0.1) is 11.8 Å². The molecule has 30 heavy (non-hydrogen) atoms. The second kappa shape index (κ2) is 6.24. The van der Waals surface area contributed by atoms with Gasteiger partial charge in [0.05, 0.1) is 0 Å². The SMILES string of the molecule is O=C(O)c1cc(C23CC4CC(C2)CC(c2ccc(O)c(C(=O)O)c2)(C4)C3)ccc1O. The summed E-state index contributed by atoms with van der Waals surface area (Å²) in [6.45, 7) is 0. The van der Waals surface area contributed by atoms with Crippen LogP contribution in [0.15, 0.2) is 36.4 Å². The average molecular weight is 408 g/mol. The Bertz CT molecular complexity index is 976. The molecule has 4 saturated carbocycles. The first-order valence-corrected chi connectivity index (χ1v) is 10.3. The van der Waals surface area contributed by atoms with E-state index in [4.69, 9.17) is 0 Å². The van der Waals surface area contributed by atoms with Gasteiger partial charge in [-0.1, -0.05) is 12.1 Å². The summed E-state index contributed by atoms with van der Waals surface area (Å²) in [6, 6.07) is 9.90. The van der Waals surface area contributed by atoms with E-state index >= 15 is 0 Å². The predicted octanol–water partition coefficient (Wildman–Crippen LogP) is 4.28. The van der Waals surface area contributed by atoms with Crippen LogP contribution in [0.4, 0.5) is 0 Å².